The average Bonchev–Trinajstić information content (AvgIpc) is 2.95. The van der Waals surface area contributed by atoms with E-state index in [4.69, 9.17) is 15.1 Å². The first-order chi connectivity index (χ1) is 15.5. The Balaban J connectivity index is 1.72. The molecule has 0 bridgehead atoms. The number of anilines is 1. The van der Waals surface area contributed by atoms with Gasteiger partial charge in [0.15, 0.2) is 5.65 Å². The predicted molar refractivity (Wildman–Crippen MR) is 128 cm³/mol. The van der Waals surface area contributed by atoms with Crippen molar-refractivity contribution in [2.24, 2.45) is 5.92 Å². The second-order valence-electron chi connectivity index (χ2n) is 9.06. The summed E-state index contributed by atoms with van der Waals surface area (Å²) < 4.78 is 1.94. The monoisotopic (exact) mass is 434 g/mol. The number of aromatic nitrogens is 4. The number of benzene rings is 1. The maximum Gasteiger partial charge on any atom is 0.222 e. The minimum Gasteiger partial charge on any atom is -0.354 e. The number of rotatable bonds is 6. The van der Waals surface area contributed by atoms with Crippen molar-refractivity contribution in [1.29, 1.82) is 0 Å². The molecule has 1 aromatic carbocycles. The molecule has 0 unspecified atom stereocenters. The first-order valence-corrected chi connectivity index (χ1v) is 11.8. The summed E-state index contributed by atoms with van der Waals surface area (Å²) in [7, 11) is 0. The second-order valence-corrected chi connectivity index (χ2v) is 9.06. The van der Waals surface area contributed by atoms with E-state index >= 15 is 0 Å². The highest BCUT2D eigenvalue weighted by molar-refractivity contribution is 5.91. The molecule has 0 saturated carbocycles. The van der Waals surface area contributed by atoms with Crippen molar-refractivity contribution in [3.05, 3.63) is 41.9 Å². The summed E-state index contributed by atoms with van der Waals surface area (Å²) in [5, 5.41) is 5.85. The smallest absolute Gasteiger partial charge is 0.222 e. The Labute approximate surface area is 190 Å². The number of aryl methyl sites for hydroxylation is 2. The third-order valence-corrected chi connectivity index (χ3v) is 5.93. The van der Waals surface area contributed by atoms with Gasteiger partial charge in [-0.15, -0.1) is 0 Å². The highest BCUT2D eigenvalue weighted by Crippen LogP contribution is 2.30. The third-order valence-electron chi connectivity index (χ3n) is 5.93. The van der Waals surface area contributed by atoms with Crippen molar-refractivity contribution < 1.29 is 4.79 Å². The van der Waals surface area contributed by atoms with Crippen LogP contribution in [0.1, 0.15) is 51.6 Å². The average molecular weight is 435 g/mol. The zero-order valence-electron chi connectivity index (χ0n) is 19.7. The molecule has 1 aliphatic rings. The summed E-state index contributed by atoms with van der Waals surface area (Å²) in [5.74, 6) is 2.45. The lowest BCUT2D eigenvalue weighted by molar-refractivity contribution is -0.131. The Morgan fingerprint density at radius 1 is 1.06 bits per heavy atom. The van der Waals surface area contributed by atoms with Gasteiger partial charge in [-0.25, -0.2) is 14.6 Å². The van der Waals surface area contributed by atoms with Crippen LogP contribution in [-0.4, -0.2) is 56.7 Å². The molecular weight excluding hydrogens is 400 g/mol. The van der Waals surface area contributed by atoms with Crippen LogP contribution in [0.3, 0.4) is 0 Å². The molecule has 0 aliphatic carbocycles. The topological polar surface area (TPSA) is 67.2 Å². The molecule has 1 fully saturated rings. The number of hydrogen-bond donors (Lipinski definition) is 0. The number of fused-ring (bicyclic) bond motifs is 1. The van der Waals surface area contributed by atoms with E-state index < -0.39 is 0 Å². The van der Waals surface area contributed by atoms with Crippen molar-refractivity contribution >= 4 is 22.8 Å². The Hall–Kier alpha value is -2.96. The fourth-order valence-electron chi connectivity index (χ4n) is 4.38. The molecule has 1 aliphatic heterocycles. The lowest BCUT2D eigenvalue weighted by atomic mass is 10.1. The molecule has 4 rings (SSSR count). The van der Waals surface area contributed by atoms with Gasteiger partial charge in [0.05, 0.1) is 16.8 Å². The summed E-state index contributed by atoms with van der Waals surface area (Å²) in [6.07, 6.45) is 3.36. The lowest BCUT2D eigenvalue weighted by Crippen LogP contribution is -2.36. The quantitative estimate of drug-likeness (QED) is 0.583. The van der Waals surface area contributed by atoms with E-state index in [1.807, 2.05) is 34.7 Å². The zero-order chi connectivity index (χ0) is 22.7. The molecule has 3 heterocycles. The molecule has 32 heavy (non-hydrogen) atoms. The lowest BCUT2D eigenvalue weighted by Gasteiger charge is -2.24. The van der Waals surface area contributed by atoms with E-state index in [1.54, 1.807) is 0 Å². The summed E-state index contributed by atoms with van der Waals surface area (Å²) in [4.78, 5) is 26.9. The van der Waals surface area contributed by atoms with Gasteiger partial charge in [0.25, 0.3) is 0 Å². The first kappa shape index (κ1) is 22.2. The molecule has 0 radical (unpaired) electrons. The predicted octanol–water partition coefficient (Wildman–Crippen LogP) is 4.16. The van der Waals surface area contributed by atoms with Gasteiger partial charge in [-0.1, -0.05) is 39.0 Å². The largest absolute Gasteiger partial charge is 0.354 e. The zero-order valence-corrected chi connectivity index (χ0v) is 19.7. The first-order valence-electron chi connectivity index (χ1n) is 11.8. The van der Waals surface area contributed by atoms with E-state index in [2.05, 4.69) is 37.8 Å². The van der Waals surface area contributed by atoms with Crippen LogP contribution in [0.5, 0.6) is 0 Å². The number of carbonyl (C=O) groups excluding carboxylic acids is 1. The molecule has 170 valence electrons. The van der Waals surface area contributed by atoms with Crippen LogP contribution in [0.15, 0.2) is 30.3 Å². The summed E-state index contributed by atoms with van der Waals surface area (Å²) >= 11 is 0. The van der Waals surface area contributed by atoms with Gasteiger partial charge in [0.1, 0.15) is 11.6 Å². The Bertz CT molecular complexity index is 1070. The fraction of sp³-hybridized carbons (Fsp3) is 0.520. The molecular formula is C25H34N6O. The Kier molecular flexibility index (Phi) is 6.72. The number of para-hydroxylation sites is 1. The van der Waals surface area contributed by atoms with Gasteiger partial charge >= 0.3 is 0 Å². The van der Waals surface area contributed by atoms with Crippen molar-refractivity contribution in [1.82, 2.24) is 24.6 Å². The van der Waals surface area contributed by atoms with E-state index in [9.17, 15) is 4.79 Å². The van der Waals surface area contributed by atoms with Crippen molar-refractivity contribution in [2.75, 3.05) is 31.1 Å². The molecule has 7 nitrogen and oxygen atoms in total. The molecule has 0 atom stereocenters. The van der Waals surface area contributed by atoms with E-state index in [-0.39, 0.29) is 5.91 Å². The maximum absolute atomic E-state index is 12.6. The number of hydrogen-bond acceptors (Lipinski definition) is 5. The van der Waals surface area contributed by atoms with Crippen molar-refractivity contribution in [3.8, 4) is 5.69 Å². The van der Waals surface area contributed by atoms with E-state index in [1.165, 1.54) is 0 Å². The Morgan fingerprint density at radius 2 is 1.84 bits per heavy atom. The normalized spacial score (nSPS) is 14.9. The third kappa shape index (κ3) is 4.61. The van der Waals surface area contributed by atoms with Gasteiger partial charge in [-0.2, -0.15) is 5.10 Å². The SMILES string of the molecule is CCCc1nc(N2CCCN(C(=O)CC(C)C)CC2)c2c(C)nn(-c3ccccc3)c2n1. The highest BCUT2D eigenvalue weighted by atomic mass is 16.2. The van der Waals surface area contributed by atoms with E-state index in [0.717, 1.165) is 79.5 Å². The molecule has 2 aromatic heterocycles. The summed E-state index contributed by atoms with van der Waals surface area (Å²) in [6.45, 7) is 11.6. The van der Waals surface area contributed by atoms with Gasteiger partial charge in [-0.3, -0.25) is 4.79 Å². The molecule has 1 saturated heterocycles. The van der Waals surface area contributed by atoms with Gasteiger partial charge < -0.3 is 9.80 Å². The minimum absolute atomic E-state index is 0.259. The van der Waals surface area contributed by atoms with Gasteiger partial charge in [-0.05, 0) is 37.8 Å². The van der Waals surface area contributed by atoms with Gasteiger partial charge in [0.2, 0.25) is 5.91 Å². The number of carbonyl (C=O) groups is 1. The minimum atomic E-state index is 0.259. The molecule has 3 aromatic rings. The molecule has 0 N–H and O–H groups in total. The standard InChI is InChI=1S/C25H34N6O/c1-5-10-21-26-24(30-14-9-13-29(15-16-30)22(32)17-18(2)3)23-19(4)28-31(25(23)27-21)20-11-7-6-8-12-20/h6-8,11-12,18H,5,9-10,13-17H2,1-4H3. The van der Waals surface area contributed by atoms with Crippen LogP contribution >= 0.6 is 0 Å². The van der Waals surface area contributed by atoms with Crippen LogP contribution in [0.4, 0.5) is 5.82 Å². The van der Waals surface area contributed by atoms with Gasteiger partial charge in [0, 0.05) is 39.0 Å². The van der Waals surface area contributed by atoms with Crippen LogP contribution in [0, 0.1) is 12.8 Å². The highest BCUT2D eigenvalue weighted by Gasteiger charge is 2.25. The maximum atomic E-state index is 12.6. The second kappa shape index (κ2) is 9.67. The number of amides is 1. The Morgan fingerprint density at radius 3 is 2.56 bits per heavy atom. The molecule has 1 amide bonds. The fourth-order valence-corrected chi connectivity index (χ4v) is 4.38. The molecule has 7 heteroatoms. The number of nitrogens with zero attached hydrogens (tertiary/aromatic N) is 6. The van der Waals surface area contributed by atoms with Crippen molar-refractivity contribution in [2.45, 2.75) is 53.4 Å². The summed E-state index contributed by atoms with van der Waals surface area (Å²) in [6, 6.07) is 10.2. The molecule has 0 spiro atoms. The van der Waals surface area contributed by atoms with Crippen LogP contribution in [0.2, 0.25) is 0 Å². The van der Waals surface area contributed by atoms with E-state index in [0.29, 0.717) is 12.3 Å². The van der Waals surface area contributed by atoms with Crippen molar-refractivity contribution in [3.63, 3.8) is 0 Å². The van der Waals surface area contributed by atoms with Crippen LogP contribution < -0.4 is 4.90 Å². The van der Waals surface area contributed by atoms with Crippen LogP contribution in [-0.2, 0) is 11.2 Å². The summed E-state index contributed by atoms with van der Waals surface area (Å²) in [5.41, 5.74) is 2.79. The van der Waals surface area contributed by atoms with Crippen LogP contribution in [0.25, 0.3) is 16.7 Å².